The molecule has 14 heavy (non-hydrogen) atoms. The maximum Gasteiger partial charge on any atom is 0.343 e. The number of esters is 1. The van der Waals surface area contributed by atoms with Crippen LogP contribution in [0.2, 0.25) is 0 Å². The van der Waals surface area contributed by atoms with Crippen LogP contribution in [0.15, 0.2) is 41.7 Å². The molecule has 1 aromatic carbocycles. The van der Waals surface area contributed by atoms with Crippen LogP contribution in [0.25, 0.3) is 0 Å². The predicted molar refractivity (Wildman–Crippen MR) is 55.9 cm³/mol. The van der Waals surface area contributed by atoms with Crippen LogP contribution in [0.1, 0.15) is 31.1 Å². The van der Waals surface area contributed by atoms with Gasteiger partial charge in [0.25, 0.3) is 0 Å². The largest absolute Gasteiger partial charge is 0.428 e. The monoisotopic (exact) mass is 190 g/mol. The normalized spacial score (nSPS) is 9.36. The van der Waals surface area contributed by atoms with Crippen molar-refractivity contribution in [2.75, 3.05) is 0 Å². The minimum Gasteiger partial charge on any atom is -0.428 e. The number of carbonyl (C=O) groups is 1. The number of rotatable bonds is 2. The molecule has 2 heteroatoms. The summed E-state index contributed by atoms with van der Waals surface area (Å²) in [6.07, 6.45) is 0. The van der Waals surface area contributed by atoms with Crippen molar-refractivity contribution in [1.82, 2.24) is 0 Å². The second kappa shape index (κ2) is 4.61. The highest BCUT2D eigenvalue weighted by molar-refractivity contribution is 5.89. The number of hydrogen-bond acceptors (Lipinski definition) is 2. The molecule has 0 aliphatic carbocycles. The molecule has 0 spiro atoms. The summed E-state index contributed by atoms with van der Waals surface area (Å²) in [7, 11) is 0. The Labute approximate surface area is 84.2 Å². The van der Waals surface area contributed by atoms with E-state index in [9.17, 15) is 4.79 Å². The van der Waals surface area contributed by atoms with Crippen molar-refractivity contribution < 1.29 is 9.53 Å². The lowest BCUT2D eigenvalue weighted by atomic mass is 10.2. The molecule has 0 bridgehead atoms. The quantitative estimate of drug-likeness (QED) is 0.529. The van der Waals surface area contributed by atoms with E-state index in [0.29, 0.717) is 11.3 Å². The van der Waals surface area contributed by atoms with Crippen LogP contribution in [0.5, 0.6) is 0 Å². The summed E-state index contributed by atoms with van der Waals surface area (Å²) in [5.74, 6) is 0.364. The van der Waals surface area contributed by atoms with E-state index in [4.69, 9.17) is 4.74 Å². The smallest absolute Gasteiger partial charge is 0.343 e. The van der Waals surface area contributed by atoms with Gasteiger partial charge in [-0.2, -0.15) is 0 Å². The highest BCUT2D eigenvalue weighted by Gasteiger charge is 2.06. The predicted octanol–water partition coefficient (Wildman–Crippen LogP) is 3.16. The Morgan fingerprint density at radius 1 is 1.07 bits per heavy atom. The molecule has 0 amide bonds. The van der Waals surface area contributed by atoms with Gasteiger partial charge in [-0.3, -0.25) is 0 Å². The van der Waals surface area contributed by atoms with Crippen LogP contribution >= 0.6 is 0 Å². The first-order valence-corrected chi connectivity index (χ1v) is 4.52. The van der Waals surface area contributed by atoms with E-state index >= 15 is 0 Å². The lowest BCUT2D eigenvalue weighted by molar-refractivity contribution is 0.0622. The maximum absolute atomic E-state index is 11.5. The number of ether oxygens (including phenoxy) is 1. The van der Waals surface area contributed by atoms with Crippen molar-refractivity contribution in [3.8, 4) is 0 Å². The first kappa shape index (κ1) is 10.5. The third-order valence-electron chi connectivity index (χ3n) is 1.96. The van der Waals surface area contributed by atoms with Gasteiger partial charge in [-0.15, -0.1) is 0 Å². The maximum atomic E-state index is 11.5. The standard InChI is InChI=1S/C12H14O2/c1-9(2)10(3)14-12(13)11-7-5-4-6-8-11/h4-8H,1-3H3. The minimum absolute atomic E-state index is 0.302. The van der Waals surface area contributed by atoms with Crippen LogP contribution in [-0.2, 0) is 4.74 Å². The summed E-state index contributed by atoms with van der Waals surface area (Å²) in [5, 5.41) is 0. The van der Waals surface area contributed by atoms with Crippen LogP contribution in [0.3, 0.4) is 0 Å². The molecule has 0 aliphatic heterocycles. The molecular weight excluding hydrogens is 176 g/mol. The third kappa shape index (κ3) is 2.73. The average Bonchev–Trinajstić information content (AvgIpc) is 2.19. The summed E-state index contributed by atoms with van der Waals surface area (Å²) in [6.45, 7) is 5.61. The molecule has 0 aliphatic rings. The molecule has 0 aromatic heterocycles. The van der Waals surface area contributed by atoms with E-state index in [0.717, 1.165) is 5.57 Å². The Morgan fingerprint density at radius 2 is 1.64 bits per heavy atom. The van der Waals surface area contributed by atoms with Crippen molar-refractivity contribution in [2.24, 2.45) is 0 Å². The SMILES string of the molecule is CC(C)=C(C)OC(=O)c1ccccc1. The zero-order valence-electron chi connectivity index (χ0n) is 8.70. The van der Waals surface area contributed by atoms with Gasteiger partial charge < -0.3 is 4.74 Å². The molecular formula is C12H14O2. The molecule has 0 radical (unpaired) electrons. The van der Waals surface area contributed by atoms with Crippen molar-refractivity contribution in [2.45, 2.75) is 20.8 Å². The Morgan fingerprint density at radius 3 is 2.14 bits per heavy atom. The van der Waals surface area contributed by atoms with Gasteiger partial charge in [0.1, 0.15) is 5.76 Å². The van der Waals surface area contributed by atoms with Crippen LogP contribution in [-0.4, -0.2) is 5.97 Å². The fraction of sp³-hybridized carbons (Fsp3) is 0.250. The Kier molecular flexibility index (Phi) is 3.46. The zero-order valence-corrected chi connectivity index (χ0v) is 8.70. The van der Waals surface area contributed by atoms with E-state index < -0.39 is 0 Å². The van der Waals surface area contributed by atoms with E-state index in [2.05, 4.69) is 0 Å². The van der Waals surface area contributed by atoms with E-state index in [1.165, 1.54) is 0 Å². The fourth-order valence-corrected chi connectivity index (χ4v) is 0.874. The molecule has 2 nitrogen and oxygen atoms in total. The van der Waals surface area contributed by atoms with Gasteiger partial charge in [0.15, 0.2) is 0 Å². The lowest BCUT2D eigenvalue weighted by Gasteiger charge is -2.05. The Balaban J connectivity index is 2.75. The van der Waals surface area contributed by atoms with Gasteiger partial charge in [0, 0.05) is 0 Å². The van der Waals surface area contributed by atoms with E-state index in [1.54, 1.807) is 19.1 Å². The highest BCUT2D eigenvalue weighted by atomic mass is 16.5. The molecule has 0 fully saturated rings. The van der Waals surface area contributed by atoms with Gasteiger partial charge in [-0.25, -0.2) is 4.79 Å². The molecule has 0 heterocycles. The van der Waals surface area contributed by atoms with Gasteiger partial charge in [-0.05, 0) is 38.5 Å². The summed E-state index contributed by atoms with van der Waals surface area (Å²) in [4.78, 5) is 11.5. The third-order valence-corrected chi connectivity index (χ3v) is 1.96. The number of benzene rings is 1. The minimum atomic E-state index is -0.302. The Bertz CT molecular complexity index is 346. The lowest BCUT2D eigenvalue weighted by Crippen LogP contribution is -2.03. The molecule has 74 valence electrons. The van der Waals surface area contributed by atoms with E-state index in [-0.39, 0.29) is 5.97 Å². The molecule has 1 rings (SSSR count). The first-order chi connectivity index (χ1) is 6.61. The molecule has 0 N–H and O–H groups in total. The van der Waals surface area contributed by atoms with E-state index in [1.807, 2.05) is 32.0 Å². The van der Waals surface area contributed by atoms with Gasteiger partial charge in [0.05, 0.1) is 5.56 Å². The molecule has 0 saturated heterocycles. The number of allylic oxidation sites excluding steroid dienone is 2. The molecule has 0 unspecified atom stereocenters. The molecule has 1 aromatic rings. The van der Waals surface area contributed by atoms with Gasteiger partial charge in [-0.1, -0.05) is 18.2 Å². The highest BCUT2D eigenvalue weighted by Crippen LogP contribution is 2.08. The number of carbonyl (C=O) groups excluding carboxylic acids is 1. The second-order valence-corrected chi connectivity index (χ2v) is 3.31. The summed E-state index contributed by atoms with van der Waals surface area (Å²) < 4.78 is 5.14. The summed E-state index contributed by atoms with van der Waals surface area (Å²) >= 11 is 0. The topological polar surface area (TPSA) is 26.3 Å². The molecule has 0 atom stereocenters. The first-order valence-electron chi connectivity index (χ1n) is 4.52. The van der Waals surface area contributed by atoms with Crippen molar-refractivity contribution >= 4 is 5.97 Å². The summed E-state index contributed by atoms with van der Waals surface area (Å²) in [5.41, 5.74) is 1.59. The van der Waals surface area contributed by atoms with Crippen LogP contribution in [0.4, 0.5) is 0 Å². The number of hydrogen-bond donors (Lipinski definition) is 0. The second-order valence-electron chi connectivity index (χ2n) is 3.31. The van der Waals surface area contributed by atoms with Crippen molar-refractivity contribution in [3.63, 3.8) is 0 Å². The molecule has 0 saturated carbocycles. The Hall–Kier alpha value is -1.57. The van der Waals surface area contributed by atoms with Crippen LogP contribution < -0.4 is 0 Å². The van der Waals surface area contributed by atoms with Crippen LogP contribution in [0, 0.1) is 0 Å². The zero-order chi connectivity index (χ0) is 10.6. The van der Waals surface area contributed by atoms with Crippen molar-refractivity contribution in [1.29, 1.82) is 0 Å². The van der Waals surface area contributed by atoms with Gasteiger partial charge in [0.2, 0.25) is 0 Å². The van der Waals surface area contributed by atoms with Gasteiger partial charge >= 0.3 is 5.97 Å². The average molecular weight is 190 g/mol. The van der Waals surface area contributed by atoms with Crippen molar-refractivity contribution in [3.05, 3.63) is 47.2 Å². The summed E-state index contributed by atoms with van der Waals surface area (Å²) in [6, 6.07) is 8.97. The fourth-order valence-electron chi connectivity index (χ4n) is 0.874.